The molecule has 0 aromatic carbocycles. The minimum Gasteiger partial charge on any atom is -0.335 e. The van der Waals surface area contributed by atoms with Crippen LogP contribution in [-0.2, 0) is 17.8 Å². The largest absolute Gasteiger partial charge is 0.335 e. The lowest BCUT2D eigenvalue weighted by Gasteiger charge is -2.33. The van der Waals surface area contributed by atoms with Crippen LogP contribution in [0.1, 0.15) is 44.4 Å². The summed E-state index contributed by atoms with van der Waals surface area (Å²) in [6.45, 7) is 6.66. The number of carbonyl (C=O) groups excluding carboxylic acids is 1. The third-order valence-electron chi connectivity index (χ3n) is 3.88. The van der Waals surface area contributed by atoms with Gasteiger partial charge in [-0.3, -0.25) is 9.78 Å². The average molecular weight is 275 g/mol. The molecule has 1 atom stereocenters. The SMILES string of the molecule is CCCNC1CCCN(Cc2ncccc2CC)C1=O. The number of piperidine rings is 1. The van der Waals surface area contributed by atoms with E-state index in [1.165, 1.54) is 5.56 Å². The maximum Gasteiger partial charge on any atom is 0.240 e. The van der Waals surface area contributed by atoms with E-state index in [9.17, 15) is 4.79 Å². The molecule has 0 bridgehead atoms. The zero-order valence-electron chi connectivity index (χ0n) is 12.6. The van der Waals surface area contributed by atoms with Gasteiger partial charge in [-0.2, -0.15) is 0 Å². The first kappa shape index (κ1) is 15.0. The number of pyridine rings is 1. The zero-order valence-corrected chi connectivity index (χ0v) is 12.6. The molecule has 1 N–H and O–H groups in total. The molecule has 1 unspecified atom stereocenters. The van der Waals surface area contributed by atoms with E-state index >= 15 is 0 Å². The van der Waals surface area contributed by atoms with Crippen molar-refractivity contribution in [3.8, 4) is 0 Å². The van der Waals surface area contributed by atoms with Crippen LogP contribution >= 0.6 is 0 Å². The monoisotopic (exact) mass is 275 g/mol. The summed E-state index contributed by atoms with van der Waals surface area (Å²) in [7, 11) is 0. The number of aromatic nitrogens is 1. The fourth-order valence-corrected chi connectivity index (χ4v) is 2.72. The van der Waals surface area contributed by atoms with E-state index < -0.39 is 0 Å². The van der Waals surface area contributed by atoms with Crippen molar-refractivity contribution in [2.24, 2.45) is 0 Å². The Hall–Kier alpha value is -1.42. The van der Waals surface area contributed by atoms with E-state index in [1.807, 2.05) is 17.2 Å². The van der Waals surface area contributed by atoms with Gasteiger partial charge in [-0.1, -0.05) is 19.9 Å². The third-order valence-corrected chi connectivity index (χ3v) is 3.88. The second-order valence-corrected chi connectivity index (χ2v) is 5.37. The Kier molecular flexibility index (Phi) is 5.53. The van der Waals surface area contributed by atoms with Crippen molar-refractivity contribution in [1.29, 1.82) is 0 Å². The van der Waals surface area contributed by atoms with Crippen molar-refractivity contribution in [1.82, 2.24) is 15.2 Å². The first-order valence-electron chi connectivity index (χ1n) is 7.71. The molecule has 0 saturated carbocycles. The van der Waals surface area contributed by atoms with Crippen LogP contribution in [-0.4, -0.2) is 34.9 Å². The Morgan fingerprint density at radius 3 is 3.05 bits per heavy atom. The van der Waals surface area contributed by atoms with Crippen LogP contribution in [0, 0.1) is 0 Å². The molecule has 1 aromatic rings. The van der Waals surface area contributed by atoms with E-state index in [4.69, 9.17) is 0 Å². The molecule has 4 nitrogen and oxygen atoms in total. The minimum absolute atomic E-state index is 0.00233. The summed E-state index contributed by atoms with van der Waals surface area (Å²) >= 11 is 0. The molecule has 1 saturated heterocycles. The van der Waals surface area contributed by atoms with Gasteiger partial charge in [0.15, 0.2) is 0 Å². The molecule has 1 aliphatic rings. The van der Waals surface area contributed by atoms with Crippen LogP contribution in [0.25, 0.3) is 0 Å². The number of likely N-dealkylation sites (tertiary alicyclic amines) is 1. The molecule has 110 valence electrons. The molecule has 2 heterocycles. The molecule has 1 fully saturated rings. The van der Waals surface area contributed by atoms with Crippen LogP contribution in [0.15, 0.2) is 18.3 Å². The smallest absolute Gasteiger partial charge is 0.240 e. The first-order chi connectivity index (χ1) is 9.76. The number of nitrogens with zero attached hydrogens (tertiary/aromatic N) is 2. The predicted molar refractivity (Wildman–Crippen MR) is 80.3 cm³/mol. The molecule has 0 spiro atoms. The van der Waals surface area contributed by atoms with Crippen molar-refractivity contribution in [3.05, 3.63) is 29.6 Å². The Morgan fingerprint density at radius 1 is 1.45 bits per heavy atom. The molecule has 2 rings (SSSR count). The normalized spacial score (nSPS) is 19.4. The summed E-state index contributed by atoms with van der Waals surface area (Å²) in [5, 5.41) is 3.35. The number of carbonyl (C=O) groups is 1. The van der Waals surface area contributed by atoms with Crippen molar-refractivity contribution >= 4 is 5.91 Å². The van der Waals surface area contributed by atoms with Crippen LogP contribution < -0.4 is 5.32 Å². The van der Waals surface area contributed by atoms with Gasteiger partial charge < -0.3 is 10.2 Å². The number of hydrogen-bond acceptors (Lipinski definition) is 3. The highest BCUT2D eigenvalue weighted by atomic mass is 16.2. The van der Waals surface area contributed by atoms with Gasteiger partial charge in [-0.05, 0) is 43.9 Å². The molecule has 0 aliphatic carbocycles. The van der Waals surface area contributed by atoms with Crippen molar-refractivity contribution in [2.75, 3.05) is 13.1 Å². The molecule has 0 radical (unpaired) electrons. The highest BCUT2D eigenvalue weighted by Crippen LogP contribution is 2.16. The van der Waals surface area contributed by atoms with E-state index in [1.54, 1.807) is 0 Å². The number of nitrogens with one attached hydrogen (secondary N) is 1. The number of hydrogen-bond donors (Lipinski definition) is 1. The van der Waals surface area contributed by atoms with Gasteiger partial charge in [-0.25, -0.2) is 0 Å². The van der Waals surface area contributed by atoms with Crippen LogP contribution in [0.3, 0.4) is 0 Å². The third kappa shape index (κ3) is 3.57. The number of aryl methyl sites for hydroxylation is 1. The molecular formula is C16H25N3O. The second kappa shape index (κ2) is 7.39. The van der Waals surface area contributed by atoms with E-state index in [2.05, 4.69) is 30.2 Å². The molecule has 20 heavy (non-hydrogen) atoms. The minimum atomic E-state index is -0.00233. The van der Waals surface area contributed by atoms with Crippen LogP contribution in [0.2, 0.25) is 0 Å². The Balaban J connectivity index is 2.03. The molecular weight excluding hydrogens is 250 g/mol. The van der Waals surface area contributed by atoms with Gasteiger partial charge in [0, 0.05) is 12.7 Å². The summed E-state index contributed by atoms with van der Waals surface area (Å²) < 4.78 is 0. The quantitative estimate of drug-likeness (QED) is 0.865. The number of amides is 1. The van der Waals surface area contributed by atoms with Crippen LogP contribution in [0.4, 0.5) is 0 Å². The second-order valence-electron chi connectivity index (χ2n) is 5.37. The Labute approximate surface area is 121 Å². The van der Waals surface area contributed by atoms with E-state index in [0.717, 1.165) is 44.5 Å². The van der Waals surface area contributed by atoms with Gasteiger partial charge >= 0.3 is 0 Å². The summed E-state index contributed by atoms with van der Waals surface area (Å²) in [6, 6.07) is 4.06. The predicted octanol–water partition coefficient (Wildman–Crippen LogP) is 2.13. The first-order valence-corrected chi connectivity index (χ1v) is 7.71. The van der Waals surface area contributed by atoms with Gasteiger partial charge in [-0.15, -0.1) is 0 Å². The zero-order chi connectivity index (χ0) is 14.4. The lowest BCUT2D eigenvalue weighted by Crippen LogP contribution is -2.50. The lowest BCUT2D eigenvalue weighted by molar-refractivity contribution is -0.136. The molecule has 1 aromatic heterocycles. The maximum absolute atomic E-state index is 12.5. The van der Waals surface area contributed by atoms with Gasteiger partial charge in [0.25, 0.3) is 0 Å². The fourth-order valence-electron chi connectivity index (χ4n) is 2.72. The average Bonchev–Trinajstić information content (AvgIpc) is 2.48. The highest BCUT2D eigenvalue weighted by Gasteiger charge is 2.28. The topological polar surface area (TPSA) is 45.2 Å². The standard InChI is InChI=1S/C16H25N3O/c1-3-9-17-14-8-6-11-19(16(14)20)12-15-13(4-2)7-5-10-18-15/h5,7,10,14,17H,3-4,6,8-9,11-12H2,1-2H3. The van der Waals surface area contributed by atoms with Crippen molar-refractivity contribution in [2.45, 2.75) is 52.1 Å². The van der Waals surface area contributed by atoms with Gasteiger partial charge in [0.2, 0.25) is 5.91 Å². The van der Waals surface area contributed by atoms with Crippen LogP contribution in [0.5, 0.6) is 0 Å². The number of rotatable bonds is 6. The molecule has 1 amide bonds. The Bertz CT molecular complexity index is 447. The van der Waals surface area contributed by atoms with Gasteiger partial charge in [0.1, 0.15) is 0 Å². The Morgan fingerprint density at radius 2 is 2.30 bits per heavy atom. The van der Waals surface area contributed by atoms with Gasteiger partial charge in [0.05, 0.1) is 18.3 Å². The van der Waals surface area contributed by atoms with E-state index in [0.29, 0.717) is 6.54 Å². The molecule has 1 aliphatic heterocycles. The summed E-state index contributed by atoms with van der Waals surface area (Å²) in [5.74, 6) is 0.234. The highest BCUT2D eigenvalue weighted by molar-refractivity contribution is 5.82. The van der Waals surface area contributed by atoms with Crippen molar-refractivity contribution < 1.29 is 4.79 Å². The summed E-state index contributed by atoms with van der Waals surface area (Å²) in [5.41, 5.74) is 2.28. The van der Waals surface area contributed by atoms with Crippen molar-refractivity contribution in [3.63, 3.8) is 0 Å². The van der Waals surface area contributed by atoms with E-state index in [-0.39, 0.29) is 11.9 Å². The molecule has 4 heteroatoms. The fraction of sp³-hybridized carbons (Fsp3) is 0.625. The lowest BCUT2D eigenvalue weighted by atomic mass is 10.0. The summed E-state index contributed by atoms with van der Waals surface area (Å²) in [6.07, 6.45) is 5.86. The maximum atomic E-state index is 12.5. The summed E-state index contributed by atoms with van der Waals surface area (Å²) in [4.78, 5) is 18.9.